The molecule has 0 saturated carbocycles. The SMILES string of the molecule is Cc1c(I)c(I)c(C)c2cscc12. The summed E-state index contributed by atoms with van der Waals surface area (Å²) in [6.07, 6.45) is 0. The second-order valence-corrected chi connectivity index (χ2v) is 5.98. The van der Waals surface area contributed by atoms with Gasteiger partial charge in [0.15, 0.2) is 0 Å². The molecule has 1 aromatic heterocycles. The Kier molecular flexibility index (Phi) is 2.86. The third kappa shape index (κ3) is 1.52. The van der Waals surface area contributed by atoms with Gasteiger partial charge in [-0.25, -0.2) is 0 Å². The predicted molar refractivity (Wildman–Crippen MR) is 76.7 cm³/mol. The van der Waals surface area contributed by atoms with Crippen LogP contribution in [-0.4, -0.2) is 0 Å². The van der Waals surface area contributed by atoms with Crippen molar-refractivity contribution in [3.63, 3.8) is 0 Å². The summed E-state index contributed by atoms with van der Waals surface area (Å²) in [5.74, 6) is 0. The van der Waals surface area contributed by atoms with Crippen LogP contribution in [0.5, 0.6) is 0 Å². The van der Waals surface area contributed by atoms with E-state index in [2.05, 4.69) is 69.8 Å². The van der Waals surface area contributed by atoms with Gasteiger partial charge < -0.3 is 0 Å². The highest BCUT2D eigenvalue weighted by Gasteiger charge is 2.10. The molecule has 0 saturated heterocycles. The molecule has 0 atom stereocenters. The van der Waals surface area contributed by atoms with Crippen LogP contribution in [0, 0.1) is 21.0 Å². The first kappa shape index (κ1) is 10.2. The minimum absolute atomic E-state index is 1.40. The van der Waals surface area contributed by atoms with Gasteiger partial charge in [-0.2, -0.15) is 11.3 Å². The standard InChI is InChI=1S/C10H8I2S/c1-5-7-3-13-4-8(7)6(2)10(12)9(5)11/h3-4H,1-2H3. The lowest BCUT2D eigenvalue weighted by Crippen LogP contribution is -1.90. The molecule has 0 unspecified atom stereocenters. The first-order valence-electron chi connectivity index (χ1n) is 3.93. The summed E-state index contributed by atoms with van der Waals surface area (Å²) >= 11 is 6.67. The molecule has 0 spiro atoms. The molecule has 0 radical (unpaired) electrons. The first-order valence-corrected chi connectivity index (χ1v) is 7.03. The zero-order valence-electron chi connectivity index (χ0n) is 7.32. The Morgan fingerprint density at radius 2 is 1.31 bits per heavy atom. The van der Waals surface area contributed by atoms with E-state index in [4.69, 9.17) is 0 Å². The summed E-state index contributed by atoms with van der Waals surface area (Å²) in [6.45, 7) is 4.41. The van der Waals surface area contributed by atoms with Crippen molar-refractivity contribution in [2.75, 3.05) is 0 Å². The smallest absolute Gasteiger partial charge is 0.0302 e. The molecular weight excluding hydrogens is 406 g/mol. The Labute approximate surface area is 109 Å². The average Bonchev–Trinajstić information content (AvgIpc) is 2.59. The van der Waals surface area contributed by atoms with E-state index in [1.807, 2.05) is 0 Å². The third-order valence-electron chi connectivity index (χ3n) is 2.32. The highest BCUT2D eigenvalue weighted by Crippen LogP contribution is 2.33. The van der Waals surface area contributed by atoms with E-state index in [9.17, 15) is 0 Å². The van der Waals surface area contributed by atoms with E-state index in [1.54, 1.807) is 11.3 Å². The van der Waals surface area contributed by atoms with E-state index >= 15 is 0 Å². The van der Waals surface area contributed by atoms with Gasteiger partial charge in [0.1, 0.15) is 0 Å². The highest BCUT2D eigenvalue weighted by molar-refractivity contribution is 14.1. The van der Waals surface area contributed by atoms with Crippen molar-refractivity contribution in [1.82, 2.24) is 0 Å². The van der Waals surface area contributed by atoms with Gasteiger partial charge >= 0.3 is 0 Å². The molecule has 1 heterocycles. The quantitative estimate of drug-likeness (QED) is 0.548. The molecule has 3 heteroatoms. The van der Waals surface area contributed by atoms with Gasteiger partial charge in [-0.15, -0.1) is 0 Å². The fraction of sp³-hybridized carbons (Fsp3) is 0.200. The number of rotatable bonds is 0. The summed E-state index contributed by atoms with van der Waals surface area (Å²) < 4.78 is 2.81. The largest absolute Gasteiger partial charge is 0.151 e. The van der Waals surface area contributed by atoms with Crippen LogP contribution in [0.4, 0.5) is 0 Å². The van der Waals surface area contributed by atoms with Gasteiger partial charge in [0.2, 0.25) is 0 Å². The average molecular weight is 414 g/mol. The van der Waals surface area contributed by atoms with Crippen LogP contribution in [0.25, 0.3) is 10.8 Å². The van der Waals surface area contributed by atoms with Crippen LogP contribution < -0.4 is 0 Å². The maximum atomic E-state index is 2.44. The topological polar surface area (TPSA) is 0 Å². The molecule has 0 N–H and O–H groups in total. The van der Waals surface area contributed by atoms with E-state index in [-0.39, 0.29) is 0 Å². The molecule has 2 rings (SSSR count). The fourth-order valence-corrected chi connectivity index (χ4v) is 3.78. The number of hydrogen-bond acceptors (Lipinski definition) is 1. The number of hydrogen-bond donors (Lipinski definition) is 0. The van der Waals surface area contributed by atoms with Crippen molar-refractivity contribution >= 4 is 67.3 Å². The Balaban J connectivity index is 3.02. The van der Waals surface area contributed by atoms with E-state index in [0.29, 0.717) is 0 Å². The molecular formula is C10H8I2S. The molecule has 1 aromatic carbocycles. The van der Waals surface area contributed by atoms with E-state index in [0.717, 1.165) is 0 Å². The van der Waals surface area contributed by atoms with Crippen LogP contribution >= 0.6 is 56.5 Å². The Hall–Kier alpha value is 0.640. The number of benzene rings is 1. The van der Waals surface area contributed by atoms with Gasteiger partial charge in [-0.05, 0) is 91.7 Å². The minimum atomic E-state index is 1.40. The zero-order chi connectivity index (χ0) is 9.59. The monoisotopic (exact) mass is 414 g/mol. The lowest BCUT2D eigenvalue weighted by atomic mass is 10.1. The maximum Gasteiger partial charge on any atom is 0.0302 e. The van der Waals surface area contributed by atoms with Gasteiger partial charge in [-0.3, -0.25) is 0 Å². The summed E-state index contributed by atoms with van der Waals surface area (Å²) in [6, 6.07) is 0. The van der Waals surface area contributed by atoms with Crippen LogP contribution in [0.2, 0.25) is 0 Å². The molecule has 2 aromatic rings. The summed E-state index contributed by atoms with van der Waals surface area (Å²) in [5, 5.41) is 7.34. The van der Waals surface area contributed by atoms with Gasteiger partial charge in [-0.1, -0.05) is 0 Å². The summed E-state index contributed by atoms with van der Waals surface area (Å²) in [5.41, 5.74) is 2.85. The van der Waals surface area contributed by atoms with Gasteiger partial charge in [0.05, 0.1) is 0 Å². The van der Waals surface area contributed by atoms with Crippen molar-refractivity contribution < 1.29 is 0 Å². The molecule has 0 fully saturated rings. The van der Waals surface area contributed by atoms with E-state index < -0.39 is 0 Å². The maximum absolute atomic E-state index is 2.44. The molecule has 0 aliphatic carbocycles. The van der Waals surface area contributed by atoms with Crippen molar-refractivity contribution in [2.45, 2.75) is 13.8 Å². The molecule has 0 amide bonds. The second kappa shape index (κ2) is 3.66. The van der Waals surface area contributed by atoms with Crippen LogP contribution in [-0.2, 0) is 0 Å². The summed E-state index contributed by atoms with van der Waals surface area (Å²) in [4.78, 5) is 0. The fourth-order valence-electron chi connectivity index (χ4n) is 1.44. The minimum Gasteiger partial charge on any atom is -0.151 e. The highest BCUT2D eigenvalue weighted by atomic mass is 127. The van der Waals surface area contributed by atoms with Crippen molar-refractivity contribution in [3.8, 4) is 0 Å². The Morgan fingerprint density at radius 1 is 0.923 bits per heavy atom. The Morgan fingerprint density at radius 3 is 1.69 bits per heavy atom. The number of aryl methyl sites for hydroxylation is 2. The molecule has 0 bridgehead atoms. The second-order valence-electron chi connectivity index (χ2n) is 3.08. The van der Waals surface area contributed by atoms with Gasteiger partial charge in [0.25, 0.3) is 0 Å². The molecule has 0 nitrogen and oxygen atoms in total. The van der Waals surface area contributed by atoms with Crippen molar-refractivity contribution in [3.05, 3.63) is 29.0 Å². The lowest BCUT2D eigenvalue weighted by Gasteiger charge is -2.07. The molecule has 13 heavy (non-hydrogen) atoms. The predicted octanol–water partition coefficient (Wildman–Crippen LogP) is 4.73. The molecule has 0 aliphatic rings. The molecule has 68 valence electrons. The van der Waals surface area contributed by atoms with Crippen LogP contribution in [0.3, 0.4) is 0 Å². The van der Waals surface area contributed by atoms with Crippen LogP contribution in [0.1, 0.15) is 11.1 Å². The van der Waals surface area contributed by atoms with Crippen molar-refractivity contribution in [2.24, 2.45) is 0 Å². The number of halogens is 2. The molecule has 0 aliphatic heterocycles. The number of thiophene rings is 1. The summed E-state index contributed by atoms with van der Waals surface area (Å²) in [7, 11) is 0. The van der Waals surface area contributed by atoms with Crippen molar-refractivity contribution in [1.29, 1.82) is 0 Å². The third-order valence-corrected chi connectivity index (χ3v) is 6.79. The Bertz CT molecular complexity index is 429. The van der Waals surface area contributed by atoms with Crippen LogP contribution in [0.15, 0.2) is 10.8 Å². The lowest BCUT2D eigenvalue weighted by molar-refractivity contribution is 1.39. The van der Waals surface area contributed by atoms with Gasteiger partial charge in [0, 0.05) is 7.14 Å². The normalized spacial score (nSPS) is 11.1. The number of fused-ring (bicyclic) bond motifs is 1. The zero-order valence-corrected chi connectivity index (χ0v) is 12.5. The first-order chi connectivity index (χ1) is 6.13. The van der Waals surface area contributed by atoms with E-state index in [1.165, 1.54) is 29.0 Å².